The van der Waals surface area contributed by atoms with Gasteiger partial charge < -0.3 is 10.6 Å². The molecule has 1 fully saturated rings. The fourth-order valence-corrected chi connectivity index (χ4v) is 3.07. The van der Waals surface area contributed by atoms with Crippen molar-refractivity contribution in [1.29, 1.82) is 0 Å². The van der Waals surface area contributed by atoms with Crippen LogP contribution in [0.3, 0.4) is 0 Å². The Morgan fingerprint density at radius 1 is 1.08 bits per heavy atom. The van der Waals surface area contributed by atoms with Gasteiger partial charge in [-0.15, -0.1) is 0 Å². The first-order valence-electron chi connectivity index (χ1n) is 9.01. The molecule has 1 heterocycles. The van der Waals surface area contributed by atoms with E-state index < -0.39 is 0 Å². The van der Waals surface area contributed by atoms with Gasteiger partial charge in [-0.2, -0.15) is 0 Å². The quantitative estimate of drug-likeness (QED) is 0.807. The van der Waals surface area contributed by atoms with Crippen LogP contribution in [0.4, 0.5) is 0 Å². The van der Waals surface area contributed by atoms with Crippen molar-refractivity contribution in [3.8, 4) is 0 Å². The number of rotatable bonds is 7. The zero-order valence-electron chi connectivity index (χ0n) is 14.8. The number of nitrogens with one attached hydrogen (secondary N) is 2. The lowest BCUT2D eigenvalue weighted by Crippen LogP contribution is -2.37. The summed E-state index contributed by atoms with van der Waals surface area (Å²) < 4.78 is 0. The van der Waals surface area contributed by atoms with Gasteiger partial charge in [-0.3, -0.25) is 14.6 Å². The average Bonchev–Trinajstić information content (AvgIpc) is 2.60. The Morgan fingerprint density at radius 3 is 2.25 bits per heavy atom. The number of hydrogen-bond acceptors (Lipinski definition) is 3. The highest BCUT2D eigenvalue weighted by Crippen LogP contribution is 2.29. The van der Waals surface area contributed by atoms with Crippen LogP contribution in [0.25, 0.3) is 0 Å². The van der Waals surface area contributed by atoms with E-state index in [1.54, 1.807) is 6.20 Å². The van der Waals surface area contributed by atoms with E-state index in [1.807, 2.05) is 18.2 Å². The minimum atomic E-state index is 0.0217. The Morgan fingerprint density at radius 2 is 1.71 bits per heavy atom. The molecule has 0 spiro atoms. The molecule has 1 saturated carbocycles. The van der Waals surface area contributed by atoms with Crippen LogP contribution in [0.15, 0.2) is 24.4 Å². The maximum absolute atomic E-state index is 12.3. The molecule has 0 bridgehead atoms. The third kappa shape index (κ3) is 5.95. The van der Waals surface area contributed by atoms with E-state index in [9.17, 15) is 9.59 Å². The highest BCUT2D eigenvalue weighted by molar-refractivity contribution is 5.81. The summed E-state index contributed by atoms with van der Waals surface area (Å²) in [6, 6.07) is 5.68. The number of nitrogens with zero attached hydrogens (tertiary/aromatic N) is 1. The second kappa shape index (κ2) is 9.40. The van der Waals surface area contributed by atoms with Crippen molar-refractivity contribution in [2.24, 2.45) is 17.8 Å². The Hall–Kier alpha value is -1.91. The van der Waals surface area contributed by atoms with Gasteiger partial charge in [-0.1, -0.05) is 19.9 Å². The van der Waals surface area contributed by atoms with Gasteiger partial charge in [0, 0.05) is 24.6 Å². The Balaban J connectivity index is 1.68. The number of carbonyl (C=O) groups is 2. The van der Waals surface area contributed by atoms with E-state index in [4.69, 9.17) is 0 Å². The van der Waals surface area contributed by atoms with Crippen LogP contribution in [-0.4, -0.2) is 23.3 Å². The van der Waals surface area contributed by atoms with Crippen molar-refractivity contribution in [3.05, 3.63) is 30.1 Å². The van der Waals surface area contributed by atoms with E-state index in [2.05, 4.69) is 29.5 Å². The first kappa shape index (κ1) is 18.4. The fraction of sp³-hybridized carbons (Fsp3) is 0.632. The predicted molar refractivity (Wildman–Crippen MR) is 94.0 cm³/mol. The number of carbonyl (C=O) groups excluding carboxylic acids is 2. The summed E-state index contributed by atoms with van der Waals surface area (Å²) in [5.41, 5.74) is 0.865. The van der Waals surface area contributed by atoms with Crippen molar-refractivity contribution >= 4 is 11.8 Å². The normalized spacial score (nSPS) is 20.6. The molecule has 5 heteroatoms. The highest BCUT2D eigenvalue weighted by atomic mass is 16.2. The summed E-state index contributed by atoms with van der Waals surface area (Å²) >= 11 is 0. The fourth-order valence-electron chi connectivity index (χ4n) is 3.07. The van der Waals surface area contributed by atoms with Gasteiger partial charge in [-0.05, 0) is 50.2 Å². The Kier molecular flexibility index (Phi) is 7.22. The van der Waals surface area contributed by atoms with Crippen LogP contribution in [0, 0.1) is 17.8 Å². The molecule has 132 valence electrons. The minimum Gasteiger partial charge on any atom is -0.356 e. The molecule has 1 aromatic rings. The molecule has 1 aromatic heterocycles. The predicted octanol–water partition coefficient (Wildman–Crippen LogP) is 2.67. The van der Waals surface area contributed by atoms with Gasteiger partial charge in [0.2, 0.25) is 11.8 Å². The molecular weight excluding hydrogens is 302 g/mol. The molecule has 1 aliphatic rings. The van der Waals surface area contributed by atoms with Gasteiger partial charge in [0.15, 0.2) is 0 Å². The lowest BCUT2D eigenvalue weighted by atomic mass is 9.81. The largest absolute Gasteiger partial charge is 0.356 e. The van der Waals surface area contributed by atoms with Crippen molar-refractivity contribution in [3.63, 3.8) is 0 Å². The molecule has 0 radical (unpaired) electrons. The molecule has 2 amide bonds. The van der Waals surface area contributed by atoms with Crippen molar-refractivity contribution in [1.82, 2.24) is 15.6 Å². The summed E-state index contributed by atoms with van der Waals surface area (Å²) in [5.74, 6) is 0.927. The van der Waals surface area contributed by atoms with Crippen LogP contribution in [0.5, 0.6) is 0 Å². The molecule has 0 unspecified atom stereocenters. The van der Waals surface area contributed by atoms with Gasteiger partial charge >= 0.3 is 0 Å². The lowest BCUT2D eigenvalue weighted by molar-refractivity contribution is -0.130. The molecule has 0 aliphatic heterocycles. The monoisotopic (exact) mass is 331 g/mol. The first-order chi connectivity index (χ1) is 11.6. The second-order valence-electron chi connectivity index (χ2n) is 7.06. The summed E-state index contributed by atoms with van der Waals surface area (Å²) in [6.45, 7) is 5.53. The number of amides is 2. The van der Waals surface area contributed by atoms with Gasteiger partial charge in [0.1, 0.15) is 0 Å². The molecule has 0 aromatic carbocycles. The molecular formula is C19H29N3O2. The van der Waals surface area contributed by atoms with Crippen LogP contribution in [0.1, 0.15) is 51.6 Å². The Bertz CT molecular complexity index is 523. The maximum atomic E-state index is 12.3. The number of pyridine rings is 1. The molecule has 24 heavy (non-hydrogen) atoms. The molecule has 0 atom stereocenters. The molecule has 2 N–H and O–H groups in total. The first-order valence-corrected chi connectivity index (χ1v) is 9.01. The highest BCUT2D eigenvalue weighted by Gasteiger charge is 2.29. The zero-order chi connectivity index (χ0) is 17.4. The topological polar surface area (TPSA) is 71.1 Å². The maximum Gasteiger partial charge on any atom is 0.223 e. The minimum absolute atomic E-state index is 0.0217. The molecule has 1 aliphatic carbocycles. The van der Waals surface area contributed by atoms with Crippen LogP contribution in [0.2, 0.25) is 0 Å². The van der Waals surface area contributed by atoms with E-state index in [-0.39, 0.29) is 23.7 Å². The van der Waals surface area contributed by atoms with Gasteiger partial charge in [0.05, 0.1) is 12.2 Å². The Labute approximate surface area is 144 Å². The van der Waals surface area contributed by atoms with Crippen LogP contribution >= 0.6 is 0 Å². The van der Waals surface area contributed by atoms with Gasteiger partial charge in [-0.25, -0.2) is 0 Å². The summed E-state index contributed by atoms with van der Waals surface area (Å²) in [6.07, 6.45) is 5.92. The van der Waals surface area contributed by atoms with E-state index in [1.165, 1.54) is 0 Å². The van der Waals surface area contributed by atoms with E-state index in [0.29, 0.717) is 12.5 Å². The summed E-state index contributed by atoms with van der Waals surface area (Å²) in [7, 11) is 0. The average molecular weight is 331 g/mol. The second-order valence-corrected chi connectivity index (χ2v) is 7.06. The molecule has 5 nitrogen and oxygen atoms in total. The van der Waals surface area contributed by atoms with Crippen LogP contribution < -0.4 is 10.6 Å². The van der Waals surface area contributed by atoms with E-state index >= 15 is 0 Å². The molecule has 0 saturated heterocycles. The number of hydrogen-bond donors (Lipinski definition) is 2. The summed E-state index contributed by atoms with van der Waals surface area (Å²) in [5, 5.41) is 5.98. The standard InChI is InChI=1S/C19H29N3O2/c1-14(2)10-12-21-18(23)15-6-8-16(9-7-15)19(24)22-13-17-5-3-4-11-20-17/h3-5,11,14-16H,6-10,12-13H2,1-2H3,(H,21,23)(H,22,24). The third-order valence-electron chi connectivity index (χ3n) is 4.66. The van der Waals surface area contributed by atoms with Crippen molar-refractivity contribution < 1.29 is 9.59 Å². The summed E-state index contributed by atoms with van der Waals surface area (Å²) in [4.78, 5) is 28.6. The van der Waals surface area contributed by atoms with Gasteiger partial charge in [0.25, 0.3) is 0 Å². The third-order valence-corrected chi connectivity index (χ3v) is 4.66. The van der Waals surface area contributed by atoms with E-state index in [0.717, 1.165) is 44.3 Å². The SMILES string of the molecule is CC(C)CCNC(=O)C1CCC(C(=O)NCc2ccccn2)CC1. The van der Waals surface area contributed by atoms with Crippen LogP contribution in [-0.2, 0) is 16.1 Å². The zero-order valence-corrected chi connectivity index (χ0v) is 14.8. The molecule has 2 rings (SSSR count). The van der Waals surface area contributed by atoms with Crippen molar-refractivity contribution in [2.45, 2.75) is 52.5 Å². The number of aromatic nitrogens is 1. The van der Waals surface area contributed by atoms with Crippen molar-refractivity contribution in [2.75, 3.05) is 6.54 Å². The lowest BCUT2D eigenvalue weighted by Gasteiger charge is -2.27. The smallest absolute Gasteiger partial charge is 0.223 e.